The molecule has 2 rings (SSSR count). The van der Waals surface area contributed by atoms with Gasteiger partial charge in [0.15, 0.2) is 0 Å². The number of hydrogen-bond donors (Lipinski definition) is 0. The largest absolute Gasteiger partial charge is 0.573 e. The van der Waals surface area contributed by atoms with E-state index in [9.17, 15) is 18.0 Å². The number of carbonyl (C=O) groups is 1. The molecular formula is C17H22F3NO4. The molecule has 8 heteroatoms. The third-order valence-corrected chi connectivity index (χ3v) is 4.59. The Morgan fingerprint density at radius 2 is 1.92 bits per heavy atom. The SMILES string of the molecule is COC(=O)C(N(C)Cc1ccccc1OC(F)(F)F)C1(OC)CCC1. The number of nitrogens with zero attached hydrogens (tertiary/aromatic N) is 1. The molecule has 0 aliphatic heterocycles. The average molecular weight is 361 g/mol. The highest BCUT2D eigenvalue weighted by Gasteiger charge is 2.50. The Labute approximate surface area is 144 Å². The first-order valence-electron chi connectivity index (χ1n) is 7.89. The zero-order chi connectivity index (χ0) is 18.7. The Morgan fingerprint density at radius 3 is 2.40 bits per heavy atom. The average Bonchev–Trinajstić information content (AvgIpc) is 2.50. The van der Waals surface area contributed by atoms with Gasteiger partial charge in [-0.2, -0.15) is 0 Å². The number of ether oxygens (including phenoxy) is 3. The number of likely N-dealkylation sites (N-methyl/N-ethyl adjacent to an activating group) is 1. The van der Waals surface area contributed by atoms with Gasteiger partial charge in [-0.3, -0.25) is 9.69 Å². The van der Waals surface area contributed by atoms with E-state index in [1.54, 1.807) is 18.0 Å². The number of methoxy groups -OCH3 is 2. The van der Waals surface area contributed by atoms with Crippen molar-refractivity contribution in [3.8, 4) is 5.75 Å². The second-order valence-corrected chi connectivity index (χ2v) is 6.12. The van der Waals surface area contributed by atoms with Gasteiger partial charge in [-0.25, -0.2) is 0 Å². The number of rotatable bonds is 7. The second kappa shape index (κ2) is 7.61. The monoisotopic (exact) mass is 361 g/mol. The Morgan fingerprint density at radius 1 is 1.28 bits per heavy atom. The van der Waals surface area contributed by atoms with Crippen LogP contribution in [0.1, 0.15) is 24.8 Å². The van der Waals surface area contributed by atoms with E-state index in [0.29, 0.717) is 18.4 Å². The third kappa shape index (κ3) is 4.43. The summed E-state index contributed by atoms with van der Waals surface area (Å²) in [6, 6.07) is 5.15. The number of halogens is 3. The van der Waals surface area contributed by atoms with Crippen LogP contribution >= 0.6 is 0 Å². The molecule has 0 amide bonds. The summed E-state index contributed by atoms with van der Waals surface area (Å²) in [4.78, 5) is 13.9. The van der Waals surface area contributed by atoms with Crippen LogP contribution in [0.2, 0.25) is 0 Å². The van der Waals surface area contributed by atoms with Crippen LogP contribution in [0.15, 0.2) is 24.3 Å². The lowest BCUT2D eigenvalue weighted by Crippen LogP contribution is -2.60. The summed E-state index contributed by atoms with van der Waals surface area (Å²) < 4.78 is 52.3. The van der Waals surface area contributed by atoms with Gasteiger partial charge < -0.3 is 14.2 Å². The van der Waals surface area contributed by atoms with Gasteiger partial charge in [-0.1, -0.05) is 18.2 Å². The van der Waals surface area contributed by atoms with Crippen molar-refractivity contribution in [2.24, 2.45) is 0 Å². The fourth-order valence-electron chi connectivity index (χ4n) is 3.24. The lowest BCUT2D eigenvalue weighted by atomic mass is 9.73. The molecule has 1 aliphatic rings. The molecule has 0 N–H and O–H groups in total. The van der Waals surface area contributed by atoms with Crippen LogP contribution in [-0.4, -0.2) is 50.1 Å². The molecule has 1 aromatic carbocycles. The highest BCUT2D eigenvalue weighted by molar-refractivity contribution is 5.77. The topological polar surface area (TPSA) is 48.0 Å². The van der Waals surface area contributed by atoms with E-state index in [0.717, 1.165) is 6.42 Å². The van der Waals surface area contributed by atoms with Gasteiger partial charge in [0.1, 0.15) is 11.8 Å². The van der Waals surface area contributed by atoms with Crippen molar-refractivity contribution in [3.05, 3.63) is 29.8 Å². The summed E-state index contributed by atoms with van der Waals surface area (Å²) in [6.45, 7) is 0.0805. The number of benzene rings is 1. The molecule has 0 saturated heterocycles. The normalized spacial score (nSPS) is 17.7. The molecule has 5 nitrogen and oxygen atoms in total. The number of carbonyl (C=O) groups excluding carboxylic acids is 1. The lowest BCUT2D eigenvalue weighted by molar-refractivity contribution is -0.275. The van der Waals surface area contributed by atoms with Crippen molar-refractivity contribution in [2.75, 3.05) is 21.3 Å². The van der Waals surface area contributed by atoms with Crippen LogP contribution in [0.4, 0.5) is 13.2 Å². The van der Waals surface area contributed by atoms with Crippen LogP contribution in [0, 0.1) is 0 Å². The van der Waals surface area contributed by atoms with Gasteiger partial charge in [0.2, 0.25) is 0 Å². The third-order valence-electron chi connectivity index (χ3n) is 4.59. The van der Waals surface area contributed by atoms with E-state index >= 15 is 0 Å². The standard InChI is InChI=1S/C17H22F3NO4/c1-21(14(15(22)23-2)16(24-3)9-6-10-16)11-12-7-4-5-8-13(12)25-17(18,19)20/h4-5,7-8,14H,6,9-11H2,1-3H3. The highest BCUT2D eigenvalue weighted by Crippen LogP contribution is 2.41. The van der Waals surface area contributed by atoms with Gasteiger partial charge >= 0.3 is 12.3 Å². The minimum Gasteiger partial charge on any atom is -0.468 e. The molecule has 0 heterocycles. The Hall–Kier alpha value is -1.80. The molecule has 0 radical (unpaired) electrons. The minimum absolute atomic E-state index is 0.0805. The summed E-state index contributed by atoms with van der Waals surface area (Å²) in [6.07, 6.45) is -2.48. The van der Waals surface area contributed by atoms with Gasteiger partial charge in [-0.05, 0) is 32.4 Å². The van der Waals surface area contributed by atoms with Gasteiger partial charge in [-0.15, -0.1) is 13.2 Å². The smallest absolute Gasteiger partial charge is 0.468 e. The van der Waals surface area contributed by atoms with Gasteiger partial charge in [0.05, 0.1) is 12.7 Å². The van der Waals surface area contributed by atoms with Crippen molar-refractivity contribution >= 4 is 5.97 Å². The van der Waals surface area contributed by atoms with E-state index in [2.05, 4.69) is 4.74 Å². The second-order valence-electron chi connectivity index (χ2n) is 6.12. The van der Waals surface area contributed by atoms with Gasteiger partial charge in [0.25, 0.3) is 0 Å². The molecule has 1 unspecified atom stereocenters. The van der Waals surface area contributed by atoms with E-state index in [4.69, 9.17) is 9.47 Å². The predicted octanol–water partition coefficient (Wildman–Crippen LogP) is 3.13. The molecule has 0 bridgehead atoms. The summed E-state index contributed by atoms with van der Waals surface area (Å²) in [5, 5.41) is 0. The molecule has 1 aliphatic carbocycles. The minimum atomic E-state index is -4.78. The first kappa shape index (κ1) is 19.5. The van der Waals surface area contributed by atoms with Crippen LogP contribution in [0.5, 0.6) is 5.75 Å². The highest BCUT2D eigenvalue weighted by atomic mass is 19.4. The first-order valence-corrected chi connectivity index (χ1v) is 7.89. The van der Waals surface area contributed by atoms with Crippen molar-refractivity contribution < 1.29 is 32.2 Å². The molecule has 0 spiro atoms. The summed E-state index contributed by atoms with van der Waals surface area (Å²) >= 11 is 0. The van der Waals surface area contributed by atoms with E-state index in [-0.39, 0.29) is 12.3 Å². The Balaban J connectivity index is 2.24. The summed E-state index contributed by atoms with van der Waals surface area (Å²) in [7, 11) is 4.47. The quantitative estimate of drug-likeness (QED) is 0.699. The van der Waals surface area contributed by atoms with Crippen LogP contribution in [0.3, 0.4) is 0 Å². The van der Waals surface area contributed by atoms with E-state index < -0.39 is 24.0 Å². The molecule has 1 saturated carbocycles. The first-order chi connectivity index (χ1) is 11.7. The van der Waals surface area contributed by atoms with Crippen molar-refractivity contribution in [3.63, 3.8) is 0 Å². The van der Waals surface area contributed by atoms with Crippen LogP contribution in [-0.2, 0) is 20.8 Å². The fraction of sp³-hybridized carbons (Fsp3) is 0.588. The summed E-state index contributed by atoms with van der Waals surface area (Å²) in [5.74, 6) is -0.760. The number of hydrogen-bond acceptors (Lipinski definition) is 5. The predicted molar refractivity (Wildman–Crippen MR) is 84.0 cm³/mol. The molecule has 140 valence electrons. The van der Waals surface area contributed by atoms with Gasteiger partial charge in [0, 0.05) is 19.2 Å². The Bertz CT molecular complexity index is 596. The number of alkyl halides is 3. The summed E-state index contributed by atoms with van der Waals surface area (Å²) in [5.41, 5.74) is -0.358. The molecular weight excluding hydrogens is 339 g/mol. The van der Waals surface area contributed by atoms with Crippen molar-refractivity contribution in [1.82, 2.24) is 4.90 Å². The molecule has 25 heavy (non-hydrogen) atoms. The maximum atomic E-state index is 12.6. The molecule has 1 atom stereocenters. The van der Waals surface area contributed by atoms with Crippen LogP contribution < -0.4 is 4.74 Å². The zero-order valence-electron chi connectivity index (χ0n) is 14.4. The zero-order valence-corrected chi connectivity index (χ0v) is 14.4. The van der Waals surface area contributed by atoms with Crippen molar-refractivity contribution in [1.29, 1.82) is 0 Å². The van der Waals surface area contributed by atoms with Crippen molar-refractivity contribution in [2.45, 2.75) is 43.8 Å². The van der Waals surface area contributed by atoms with Crippen LogP contribution in [0.25, 0.3) is 0 Å². The molecule has 1 aromatic rings. The maximum absolute atomic E-state index is 12.6. The van der Waals surface area contributed by atoms with E-state index in [1.165, 1.54) is 32.4 Å². The molecule has 0 aromatic heterocycles. The fourth-order valence-corrected chi connectivity index (χ4v) is 3.24. The molecule has 1 fully saturated rings. The Kier molecular flexibility index (Phi) is 5.95. The maximum Gasteiger partial charge on any atom is 0.573 e. The number of para-hydroxylation sites is 1. The van der Waals surface area contributed by atoms with E-state index in [1.807, 2.05) is 0 Å². The number of esters is 1. The lowest BCUT2D eigenvalue weighted by Gasteiger charge is -2.48.